The van der Waals surface area contributed by atoms with Gasteiger partial charge >= 0.3 is 0 Å². The SMILES string of the molecule is COc1ccc(O[C@@H]2O[C@H](CO)[C@@H](O[C@@H]3O[C@H](CO[C@H]4OC[C@@H](O)[C@H](O)[C@H]4O)[C@@H](O)[C@H](O)[C@H]3O)[C@H](O)[C@H]2O)cc1. The Labute approximate surface area is 228 Å². The van der Waals surface area contributed by atoms with Crippen molar-refractivity contribution in [2.75, 3.05) is 26.9 Å². The monoisotopic (exact) mass is 580 g/mol. The summed E-state index contributed by atoms with van der Waals surface area (Å²) in [6.07, 6.45) is -21.9. The van der Waals surface area contributed by atoms with Gasteiger partial charge in [-0.3, -0.25) is 0 Å². The van der Waals surface area contributed by atoms with Gasteiger partial charge in [-0.05, 0) is 24.3 Å². The zero-order valence-electron chi connectivity index (χ0n) is 21.4. The molecule has 16 nitrogen and oxygen atoms in total. The maximum Gasteiger partial charge on any atom is 0.229 e. The highest BCUT2D eigenvalue weighted by Crippen LogP contribution is 2.31. The lowest BCUT2D eigenvalue weighted by molar-refractivity contribution is -0.358. The van der Waals surface area contributed by atoms with Gasteiger partial charge in [0.25, 0.3) is 0 Å². The van der Waals surface area contributed by atoms with Gasteiger partial charge in [0.15, 0.2) is 12.6 Å². The Morgan fingerprint density at radius 1 is 0.700 bits per heavy atom. The summed E-state index contributed by atoms with van der Waals surface area (Å²) < 4.78 is 37.9. The highest BCUT2D eigenvalue weighted by Gasteiger charge is 2.51. The van der Waals surface area contributed by atoms with Crippen LogP contribution in [0.25, 0.3) is 0 Å². The van der Waals surface area contributed by atoms with Gasteiger partial charge in [-0.2, -0.15) is 0 Å². The second kappa shape index (κ2) is 13.5. The molecule has 0 amide bonds. The Morgan fingerprint density at radius 2 is 1.30 bits per heavy atom. The van der Waals surface area contributed by atoms with E-state index in [2.05, 4.69) is 0 Å². The van der Waals surface area contributed by atoms with Crippen LogP contribution in [0.4, 0.5) is 0 Å². The van der Waals surface area contributed by atoms with Crippen LogP contribution in [0, 0.1) is 0 Å². The van der Waals surface area contributed by atoms with E-state index in [1.54, 1.807) is 24.3 Å². The number of ether oxygens (including phenoxy) is 7. The van der Waals surface area contributed by atoms with E-state index in [0.717, 1.165) is 0 Å². The number of rotatable bonds is 9. The third kappa shape index (κ3) is 6.66. The number of hydrogen-bond acceptors (Lipinski definition) is 16. The Morgan fingerprint density at radius 3 is 1.95 bits per heavy atom. The Hall–Kier alpha value is -1.74. The average molecular weight is 581 g/mol. The Bertz CT molecular complexity index is 919. The number of hydrogen-bond donors (Lipinski definition) is 9. The van der Waals surface area contributed by atoms with Crippen LogP contribution in [0.2, 0.25) is 0 Å². The quantitative estimate of drug-likeness (QED) is 0.133. The van der Waals surface area contributed by atoms with Crippen molar-refractivity contribution in [2.24, 2.45) is 0 Å². The normalized spacial score (nSPS) is 44.2. The number of methoxy groups -OCH3 is 1. The minimum Gasteiger partial charge on any atom is -0.497 e. The third-order valence-corrected chi connectivity index (χ3v) is 6.97. The van der Waals surface area contributed by atoms with Gasteiger partial charge < -0.3 is 79.1 Å². The van der Waals surface area contributed by atoms with Crippen LogP contribution in [0.1, 0.15) is 0 Å². The van der Waals surface area contributed by atoms with Gasteiger partial charge in [0.1, 0.15) is 78.6 Å². The first kappa shape index (κ1) is 31.2. The molecule has 0 saturated carbocycles. The first-order valence-corrected chi connectivity index (χ1v) is 12.6. The highest BCUT2D eigenvalue weighted by molar-refractivity contribution is 5.31. The van der Waals surface area contributed by atoms with Crippen molar-refractivity contribution in [1.29, 1.82) is 0 Å². The maximum absolute atomic E-state index is 10.8. The van der Waals surface area contributed by atoms with Crippen molar-refractivity contribution in [3.8, 4) is 11.5 Å². The summed E-state index contributed by atoms with van der Waals surface area (Å²) in [6.45, 7) is -1.57. The van der Waals surface area contributed by atoms with Crippen LogP contribution < -0.4 is 9.47 Å². The summed E-state index contributed by atoms with van der Waals surface area (Å²) in [5.74, 6) is 0.827. The molecule has 14 atom stereocenters. The van der Waals surface area contributed by atoms with Crippen LogP contribution in [-0.2, 0) is 23.7 Å². The minimum atomic E-state index is -1.84. The molecular formula is C24H36O16. The molecule has 0 bridgehead atoms. The van der Waals surface area contributed by atoms with E-state index in [1.165, 1.54) is 7.11 Å². The molecule has 3 aliphatic rings. The molecule has 228 valence electrons. The molecule has 3 heterocycles. The summed E-state index contributed by atoms with van der Waals surface area (Å²) in [5.41, 5.74) is 0. The van der Waals surface area contributed by atoms with Crippen LogP contribution in [-0.4, -0.2) is 159 Å². The molecule has 40 heavy (non-hydrogen) atoms. The molecular weight excluding hydrogens is 544 g/mol. The molecule has 0 aliphatic carbocycles. The molecule has 9 N–H and O–H groups in total. The number of aliphatic hydroxyl groups is 9. The van der Waals surface area contributed by atoms with E-state index in [-0.39, 0.29) is 12.4 Å². The molecule has 4 rings (SSSR count). The van der Waals surface area contributed by atoms with Gasteiger partial charge in [-0.1, -0.05) is 0 Å². The van der Waals surface area contributed by atoms with Gasteiger partial charge in [-0.25, -0.2) is 0 Å². The summed E-state index contributed by atoms with van der Waals surface area (Å²) in [4.78, 5) is 0. The second-order valence-corrected chi connectivity index (χ2v) is 9.70. The van der Waals surface area contributed by atoms with Gasteiger partial charge in [0.2, 0.25) is 6.29 Å². The van der Waals surface area contributed by atoms with E-state index in [4.69, 9.17) is 33.2 Å². The van der Waals surface area contributed by atoms with Crippen molar-refractivity contribution in [1.82, 2.24) is 0 Å². The van der Waals surface area contributed by atoms with Crippen LogP contribution in [0.5, 0.6) is 11.5 Å². The second-order valence-electron chi connectivity index (χ2n) is 9.70. The largest absolute Gasteiger partial charge is 0.497 e. The number of aliphatic hydroxyl groups excluding tert-OH is 9. The summed E-state index contributed by atoms with van der Waals surface area (Å²) in [6, 6.07) is 6.29. The zero-order chi connectivity index (χ0) is 29.1. The smallest absolute Gasteiger partial charge is 0.229 e. The fourth-order valence-electron chi connectivity index (χ4n) is 4.54. The highest BCUT2D eigenvalue weighted by atomic mass is 16.8. The zero-order valence-corrected chi connectivity index (χ0v) is 21.4. The van der Waals surface area contributed by atoms with Crippen molar-refractivity contribution in [3.05, 3.63) is 24.3 Å². The molecule has 1 aromatic carbocycles. The minimum absolute atomic E-state index is 0.271. The molecule has 0 spiro atoms. The van der Waals surface area contributed by atoms with Gasteiger partial charge in [0.05, 0.1) is 26.9 Å². The molecule has 3 fully saturated rings. The fraction of sp³-hybridized carbons (Fsp3) is 0.750. The van der Waals surface area contributed by atoms with E-state index >= 15 is 0 Å². The predicted molar refractivity (Wildman–Crippen MR) is 127 cm³/mol. The molecule has 0 unspecified atom stereocenters. The fourth-order valence-corrected chi connectivity index (χ4v) is 4.54. The molecule has 3 aliphatic heterocycles. The predicted octanol–water partition coefficient (Wildman–Crippen LogP) is -4.84. The van der Waals surface area contributed by atoms with Crippen molar-refractivity contribution < 1.29 is 79.1 Å². The Kier molecular flexibility index (Phi) is 10.5. The van der Waals surface area contributed by atoms with Crippen LogP contribution in [0.15, 0.2) is 24.3 Å². The van der Waals surface area contributed by atoms with Crippen LogP contribution in [0.3, 0.4) is 0 Å². The van der Waals surface area contributed by atoms with E-state index in [0.29, 0.717) is 5.75 Å². The first-order chi connectivity index (χ1) is 19.0. The lowest BCUT2D eigenvalue weighted by atomic mass is 9.97. The number of benzene rings is 1. The lowest BCUT2D eigenvalue weighted by Crippen LogP contribution is -2.65. The van der Waals surface area contributed by atoms with Crippen molar-refractivity contribution >= 4 is 0 Å². The Balaban J connectivity index is 1.39. The first-order valence-electron chi connectivity index (χ1n) is 12.6. The molecule has 3 saturated heterocycles. The maximum atomic E-state index is 10.8. The summed E-state index contributed by atoms with van der Waals surface area (Å²) in [5, 5.41) is 91.9. The molecule has 1 aromatic rings. The lowest BCUT2D eigenvalue weighted by Gasteiger charge is -2.46. The molecule has 0 radical (unpaired) electrons. The van der Waals surface area contributed by atoms with E-state index in [1.807, 2.05) is 0 Å². The van der Waals surface area contributed by atoms with Crippen molar-refractivity contribution in [2.45, 2.75) is 86.0 Å². The third-order valence-electron chi connectivity index (χ3n) is 6.97. The molecule has 16 heteroatoms. The van der Waals surface area contributed by atoms with E-state index in [9.17, 15) is 46.0 Å². The van der Waals surface area contributed by atoms with E-state index < -0.39 is 99.2 Å². The topological polar surface area (TPSA) is 247 Å². The average Bonchev–Trinajstić information content (AvgIpc) is 2.96. The summed E-state index contributed by atoms with van der Waals surface area (Å²) >= 11 is 0. The van der Waals surface area contributed by atoms with Gasteiger partial charge in [-0.15, -0.1) is 0 Å². The van der Waals surface area contributed by atoms with Gasteiger partial charge in [0, 0.05) is 0 Å². The van der Waals surface area contributed by atoms with Crippen LogP contribution >= 0.6 is 0 Å². The summed E-state index contributed by atoms with van der Waals surface area (Å²) in [7, 11) is 1.49. The standard InChI is InChI=1S/C24H36O16/c1-34-9-2-4-10(5-3-9)37-23-20(33)17(30)21(12(6-25)38-23)40-24-19(32)16(29)15(28)13(39-24)8-36-22-18(31)14(27)11(26)7-35-22/h2-5,11-33H,6-8H2,1H3/t11-,12-,13-,14+,15-,16+,17-,18-,19-,20-,21-,22-,23-,24+/m1/s1. The molecule has 0 aromatic heterocycles. The van der Waals surface area contributed by atoms with Crippen molar-refractivity contribution in [3.63, 3.8) is 0 Å².